The van der Waals surface area contributed by atoms with Crippen LogP contribution in [0.3, 0.4) is 0 Å². The number of likely N-dealkylation sites (tertiary alicyclic amines) is 1. The minimum Gasteiger partial charge on any atom is -0.390 e. The molecule has 0 bridgehead atoms. The number of hydrogen-bond acceptors (Lipinski definition) is 3. The summed E-state index contributed by atoms with van der Waals surface area (Å²) in [5, 5.41) is 13.2. The zero-order valence-corrected chi connectivity index (χ0v) is 11.7. The zero-order valence-electron chi connectivity index (χ0n) is 10.9. The second kappa shape index (κ2) is 7.20. The van der Waals surface area contributed by atoms with Crippen molar-refractivity contribution in [1.82, 2.24) is 10.2 Å². The van der Waals surface area contributed by atoms with Gasteiger partial charge in [-0.2, -0.15) is 0 Å². The second-order valence-electron chi connectivity index (χ2n) is 5.04. The Bertz CT molecular complexity index is 410. The van der Waals surface area contributed by atoms with E-state index in [9.17, 15) is 9.50 Å². The number of β-amino-alcohol motifs (C(OH)–C–C–N with tert-alkyl or cyclic N) is 1. The molecule has 1 aromatic rings. The fourth-order valence-corrected chi connectivity index (χ4v) is 2.56. The molecule has 0 amide bonds. The van der Waals surface area contributed by atoms with Gasteiger partial charge in [-0.15, -0.1) is 0 Å². The fraction of sp³-hybridized carbons (Fsp3) is 0.571. The highest BCUT2D eigenvalue weighted by Gasteiger charge is 2.15. The van der Waals surface area contributed by atoms with Crippen LogP contribution in [0.2, 0.25) is 5.02 Å². The molecular formula is C14H20ClFN2O. The lowest BCUT2D eigenvalue weighted by molar-refractivity contribution is 0.123. The Morgan fingerprint density at radius 3 is 2.79 bits per heavy atom. The van der Waals surface area contributed by atoms with Crippen LogP contribution in [0.5, 0.6) is 0 Å². The van der Waals surface area contributed by atoms with E-state index in [-0.39, 0.29) is 11.1 Å². The summed E-state index contributed by atoms with van der Waals surface area (Å²) >= 11 is 5.71. The average molecular weight is 287 g/mol. The maximum Gasteiger partial charge on any atom is 0.141 e. The molecule has 5 heteroatoms. The first kappa shape index (κ1) is 14.7. The molecule has 1 fully saturated rings. The van der Waals surface area contributed by atoms with Crippen LogP contribution in [0.15, 0.2) is 18.2 Å². The number of rotatable bonds is 6. The van der Waals surface area contributed by atoms with Crippen molar-refractivity contribution in [1.29, 1.82) is 0 Å². The van der Waals surface area contributed by atoms with Crippen LogP contribution < -0.4 is 5.32 Å². The van der Waals surface area contributed by atoms with E-state index in [1.165, 1.54) is 18.9 Å². The van der Waals surface area contributed by atoms with Crippen LogP contribution in [-0.4, -0.2) is 42.3 Å². The van der Waals surface area contributed by atoms with E-state index in [1.54, 1.807) is 12.1 Å². The number of aliphatic hydroxyl groups excluding tert-OH is 1. The molecule has 0 spiro atoms. The third kappa shape index (κ3) is 4.73. The molecule has 2 rings (SSSR count). The number of aliphatic hydroxyl groups is 1. The maximum absolute atomic E-state index is 13.0. The largest absolute Gasteiger partial charge is 0.390 e. The Labute approximate surface area is 118 Å². The van der Waals surface area contributed by atoms with Gasteiger partial charge in [0.25, 0.3) is 0 Å². The maximum atomic E-state index is 13.0. The average Bonchev–Trinajstić information content (AvgIpc) is 2.86. The summed E-state index contributed by atoms with van der Waals surface area (Å²) in [5.74, 6) is -0.403. The van der Waals surface area contributed by atoms with Crippen LogP contribution in [0.25, 0.3) is 0 Å². The molecule has 1 aliphatic rings. The van der Waals surface area contributed by atoms with Crippen LogP contribution in [0.1, 0.15) is 18.4 Å². The summed E-state index contributed by atoms with van der Waals surface area (Å²) in [6.07, 6.45) is 2.09. The van der Waals surface area contributed by atoms with E-state index < -0.39 is 5.82 Å². The van der Waals surface area contributed by atoms with Crippen LogP contribution >= 0.6 is 11.6 Å². The third-order valence-corrected chi connectivity index (χ3v) is 3.65. The van der Waals surface area contributed by atoms with Crippen LogP contribution in [-0.2, 0) is 6.54 Å². The molecule has 0 saturated carbocycles. The molecule has 19 heavy (non-hydrogen) atoms. The third-order valence-electron chi connectivity index (χ3n) is 3.36. The summed E-state index contributed by atoms with van der Waals surface area (Å²) in [7, 11) is 0. The first-order valence-electron chi connectivity index (χ1n) is 6.70. The van der Waals surface area contributed by atoms with E-state index in [4.69, 9.17) is 11.6 Å². The van der Waals surface area contributed by atoms with Crippen LogP contribution in [0.4, 0.5) is 4.39 Å². The molecule has 2 N–H and O–H groups in total. The van der Waals surface area contributed by atoms with Crippen molar-refractivity contribution in [3.63, 3.8) is 0 Å². The summed E-state index contributed by atoms with van der Waals surface area (Å²) in [6, 6.07) is 4.66. The van der Waals surface area contributed by atoms with Gasteiger partial charge in [0.1, 0.15) is 5.82 Å². The summed E-state index contributed by atoms with van der Waals surface area (Å²) in [4.78, 5) is 2.28. The topological polar surface area (TPSA) is 35.5 Å². The normalized spacial score (nSPS) is 17.8. The van der Waals surface area contributed by atoms with Gasteiger partial charge in [-0.25, -0.2) is 4.39 Å². The minimum absolute atomic E-state index is 0.136. The molecule has 106 valence electrons. The quantitative estimate of drug-likeness (QED) is 0.840. The van der Waals surface area contributed by atoms with E-state index in [2.05, 4.69) is 10.2 Å². The number of halogens is 2. The molecule has 0 aliphatic carbocycles. The molecule has 1 atom stereocenters. The van der Waals surface area contributed by atoms with Crippen molar-refractivity contribution >= 4 is 11.6 Å². The van der Waals surface area contributed by atoms with Crippen molar-refractivity contribution < 1.29 is 9.50 Å². The minimum atomic E-state index is -0.403. The van der Waals surface area contributed by atoms with E-state index in [0.29, 0.717) is 13.1 Å². The van der Waals surface area contributed by atoms with Gasteiger partial charge in [-0.3, -0.25) is 0 Å². The van der Waals surface area contributed by atoms with E-state index in [0.717, 1.165) is 25.2 Å². The molecule has 1 saturated heterocycles. The van der Waals surface area contributed by atoms with Crippen molar-refractivity contribution in [3.8, 4) is 0 Å². The van der Waals surface area contributed by atoms with Crippen molar-refractivity contribution in [2.24, 2.45) is 0 Å². The highest BCUT2D eigenvalue weighted by Crippen LogP contribution is 2.15. The van der Waals surface area contributed by atoms with Gasteiger partial charge in [0, 0.05) is 19.6 Å². The van der Waals surface area contributed by atoms with Gasteiger partial charge in [-0.1, -0.05) is 17.7 Å². The first-order valence-corrected chi connectivity index (χ1v) is 7.08. The number of nitrogens with zero attached hydrogens (tertiary/aromatic N) is 1. The predicted octanol–water partition coefficient (Wildman–Crippen LogP) is 2.03. The second-order valence-corrected chi connectivity index (χ2v) is 5.45. The molecule has 1 unspecified atom stereocenters. The van der Waals surface area contributed by atoms with Crippen molar-refractivity contribution in [2.45, 2.75) is 25.5 Å². The van der Waals surface area contributed by atoms with Gasteiger partial charge in [0.05, 0.1) is 11.1 Å². The SMILES string of the molecule is OC(CNCc1ccc(F)c(Cl)c1)CN1CCCC1. The smallest absolute Gasteiger partial charge is 0.141 e. The monoisotopic (exact) mass is 286 g/mol. The van der Waals surface area contributed by atoms with Crippen LogP contribution in [0, 0.1) is 5.82 Å². The zero-order chi connectivity index (χ0) is 13.7. The van der Waals surface area contributed by atoms with E-state index >= 15 is 0 Å². The first-order chi connectivity index (χ1) is 9.15. The summed E-state index contributed by atoms with van der Waals surface area (Å²) in [5.41, 5.74) is 0.916. The molecule has 1 aromatic carbocycles. The van der Waals surface area contributed by atoms with Gasteiger partial charge < -0.3 is 15.3 Å². The Morgan fingerprint density at radius 1 is 1.37 bits per heavy atom. The molecule has 1 aliphatic heterocycles. The van der Waals surface area contributed by atoms with Crippen molar-refractivity contribution in [2.75, 3.05) is 26.2 Å². The molecule has 0 aromatic heterocycles. The van der Waals surface area contributed by atoms with Gasteiger partial charge in [0.15, 0.2) is 0 Å². The Balaban J connectivity index is 1.68. The standard InChI is InChI=1S/C14H20ClFN2O/c15-13-7-11(3-4-14(13)16)8-17-9-12(19)10-18-5-1-2-6-18/h3-4,7,12,17,19H,1-2,5-6,8-10H2. The number of nitrogens with one attached hydrogen (secondary N) is 1. The highest BCUT2D eigenvalue weighted by atomic mass is 35.5. The van der Waals surface area contributed by atoms with Gasteiger partial charge >= 0.3 is 0 Å². The van der Waals surface area contributed by atoms with Gasteiger partial charge in [0.2, 0.25) is 0 Å². The number of benzene rings is 1. The lowest BCUT2D eigenvalue weighted by atomic mass is 10.2. The lowest BCUT2D eigenvalue weighted by Crippen LogP contribution is -2.36. The summed E-state index contributed by atoms with van der Waals surface area (Å²) in [6.45, 7) is 4.01. The summed E-state index contributed by atoms with van der Waals surface area (Å²) < 4.78 is 13.0. The van der Waals surface area contributed by atoms with Gasteiger partial charge in [-0.05, 0) is 43.6 Å². The van der Waals surface area contributed by atoms with E-state index in [1.807, 2.05) is 0 Å². The Kier molecular flexibility index (Phi) is 5.58. The van der Waals surface area contributed by atoms with Crippen molar-refractivity contribution in [3.05, 3.63) is 34.6 Å². The lowest BCUT2D eigenvalue weighted by Gasteiger charge is -2.19. The highest BCUT2D eigenvalue weighted by molar-refractivity contribution is 6.30. The molecule has 0 radical (unpaired) electrons. The molecule has 1 heterocycles. The molecule has 3 nitrogen and oxygen atoms in total. The Morgan fingerprint density at radius 2 is 2.11 bits per heavy atom. The number of hydrogen-bond donors (Lipinski definition) is 2. The Hall–Kier alpha value is -0.680. The predicted molar refractivity (Wildman–Crippen MR) is 74.8 cm³/mol. The fourth-order valence-electron chi connectivity index (χ4n) is 2.36. The molecular weight excluding hydrogens is 267 g/mol.